The van der Waals surface area contributed by atoms with Crippen LogP contribution in [0.2, 0.25) is 0 Å². The van der Waals surface area contributed by atoms with Crippen molar-refractivity contribution in [2.45, 2.75) is 19.3 Å². The first-order valence-corrected chi connectivity index (χ1v) is 5.98. The van der Waals surface area contributed by atoms with Gasteiger partial charge < -0.3 is 10.4 Å². The fraction of sp³-hybridized carbons (Fsp3) is 0.500. The van der Waals surface area contributed by atoms with Gasteiger partial charge in [0.1, 0.15) is 0 Å². The van der Waals surface area contributed by atoms with Crippen molar-refractivity contribution in [1.29, 1.82) is 0 Å². The van der Waals surface area contributed by atoms with E-state index in [-0.39, 0.29) is 17.7 Å². The van der Waals surface area contributed by atoms with E-state index in [9.17, 15) is 9.59 Å². The van der Waals surface area contributed by atoms with Gasteiger partial charge in [-0.15, -0.1) is 11.3 Å². The number of carboxylic acid groups (broad SMARTS) is 1. The number of aliphatic carboxylic acids is 1. The number of nitrogens with one attached hydrogen (secondary N) is 1. The Kier molecular flexibility index (Phi) is 3.19. The van der Waals surface area contributed by atoms with E-state index in [1.807, 2.05) is 0 Å². The standard InChI is InChI=1S/C10H12N2O3S/c13-8(12-10-11-3-4-16-10)6-1-2-7(5-6)9(14)15/h3-4,6-7H,1-2,5H2,(H,14,15)(H,11,12,13)/t6-,7-/m1/s1. The van der Waals surface area contributed by atoms with Gasteiger partial charge in [-0.1, -0.05) is 0 Å². The molecule has 0 aliphatic heterocycles. The van der Waals surface area contributed by atoms with E-state index in [4.69, 9.17) is 5.11 Å². The summed E-state index contributed by atoms with van der Waals surface area (Å²) in [5, 5.41) is 13.9. The van der Waals surface area contributed by atoms with Crippen LogP contribution in [0.4, 0.5) is 5.13 Å². The van der Waals surface area contributed by atoms with Crippen molar-refractivity contribution in [3.8, 4) is 0 Å². The lowest BCUT2D eigenvalue weighted by Crippen LogP contribution is -2.21. The van der Waals surface area contributed by atoms with Crippen LogP contribution in [-0.4, -0.2) is 22.0 Å². The van der Waals surface area contributed by atoms with Crippen molar-refractivity contribution in [1.82, 2.24) is 4.98 Å². The van der Waals surface area contributed by atoms with Crippen molar-refractivity contribution < 1.29 is 14.7 Å². The van der Waals surface area contributed by atoms with E-state index in [0.29, 0.717) is 24.4 Å². The number of carbonyl (C=O) groups excluding carboxylic acids is 1. The number of anilines is 1. The van der Waals surface area contributed by atoms with Gasteiger partial charge in [0.05, 0.1) is 5.92 Å². The van der Waals surface area contributed by atoms with Gasteiger partial charge >= 0.3 is 5.97 Å². The van der Waals surface area contributed by atoms with Gasteiger partial charge in [-0.2, -0.15) is 0 Å². The minimum absolute atomic E-state index is 0.112. The third-order valence-corrected chi connectivity index (χ3v) is 3.50. The van der Waals surface area contributed by atoms with Crippen molar-refractivity contribution in [2.24, 2.45) is 11.8 Å². The van der Waals surface area contributed by atoms with Crippen LogP contribution in [0.25, 0.3) is 0 Å². The molecule has 1 aromatic rings. The van der Waals surface area contributed by atoms with Crippen LogP contribution in [-0.2, 0) is 9.59 Å². The molecule has 1 fully saturated rings. The van der Waals surface area contributed by atoms with Crippen molar-refractivity contribution >= 4 is 28.3 Å². The first-order chi connectivity index (χ1) is 7.66. The van der Waals surface area contributed by atoms with Crippen LogP contribution < -0.4 is 5.32 Å². The maximum Gasteiger partial charge on any atom is 0.306 e. The largest absolute Gasteiger partial charge is 0.481 e. The van der Waals surface area contributed by atoms with Crippen molar-refractivity contribution in [3.05, 3.63) is 11.6 Å². The van der Waals surface area contributed by atoms with E-state index in [0.717, 1.165) is 0 Å². The smallest absolute Gasteiger partial charge is 0.306 e. The van der Waals surface area contributed by atoms with Gasteiger partial charge in [0.2, 0.25) is 5.91 Å². The maximum absolute atomic E-state index is 11.7. The maximum atomic E-state index is 11.7. The molecule has 0 saturated heterocycles. The van der Waals surface area contributed by atoms with E-state index >= 15 is 0 Å². The zero-order valence-electron chi connectivity index (χ0n) is 8.55. The van der Waals surface area contributed by atoms with Crippen LogP contribution >= 0.6 is 11.3 Å². The van der Waals surface area contributed by atoms with Crippen LogP contribution in [0.1, 0.15) is 19.3 Å². The lowest BCUT2D eigenvalue weighted by molar-refractivity contribution is -0.141. The van der Waals surface area contributed by atoms with Crippen LogP contribution in [0.5, 0.6) is 0 Å². The Morgan fingerprint density at radius 3 is 2.75 bits per heavy atom. The molecular weight excluding hydrogens is 228 g/mol. The topological polar surface area (TPSA) is 79.3 Å². The Morgan fingerprint density at radius 2 is 2.19 bits per heavy atom. The molecule has 0 bridgehead atoms. The highest BCUT2D eigenvalue weighted by Gasteiger charge is 2.33. The first-order valence-electron chi connectivity index (χ1n) is 5.10. The molecule has 2 rings (SSSR count). The zero-order chi connectivity index (χ0) is 11.5. The Bertz CT molecular complexity index is 391. The fourth-order valence-electron chi connectivity index (χ4n) is 1.94. The molecule has 1 aliphatic carbocycles. The molecule has 86 valence electrons. The third kappa shape index (κ3) is 2.38. The second kappa shape index (κ2) is 4.61. The summed E-state index contributed by atoms with van der Waals surface area (Å²) in [5.74, 6) is -1.47. The Hall–Kier alpha value is -1.43. The molecule has 1 aromatic heterocycles. The van der Waals surface area contributed by atoms with Crippen molar-refractivity contribution in [3.63, 3.8) is 0 Å². The number of nitrogens with zero attached hydrogens (tertiary/aromatic N) is 1. The minimum atomic E-state index is -0.801. The molecule has 2 atom stereocenters. The Labute approximate surface area is 96.5 Å². The second-order valence-electron chi connectivity index (χ2n) is 3.87. The van der Waals surface area contributed by atoms with Crippen LogP contribution in [0.15, 0.2) is 11.6 Å². The quantitative estimate of drug-likeness (QED) is 0.840. The average molecular weight is 240 g/mol. The molecule has 1 aliphatic rings. The molecule has 6 heteroatoms. The molecule has 16 heavy (non-hydrogen) atoms. The summed E-state index contributed by atoms with van der Waals surface area (Å²) in [7, 11) is 0. The average Bonchev–Trinajstić information content (AvgIpc) is 2.86. The number of rotatable bonds is 3. The zero-order valence-corrected chi connectivity index (χ0v) is 9.37. The first kappa shape index (κ1) is 11.1. The number of carbonyl (C=O) groups is 2. The molecule has 5 nitrogen and oxygen atoms in total. The van der Waals surface area contributed by atoms with Crippen LogP contribution in [0, 0.1) is 11.8 Å². The number of thiazole rings is 1. The molecule has 0 spiro atoms. The highest BCUT2D eigenvalue weighted by atomic mass is 32.1. The number of carboxylic acids is 1. The second-order valence-corrected chi connectivity index (χ2v) is 4.77. The normalized spacial score (nSPS) is 24.2. The predicted molar refractivity (Wildman–Crippen MR) is 59.2 cm³/mol. The van der Waals surface area contributed by atoms with E-state index < -0.39 is 5.97 Å². The van der Waals surface area contributed by atoms with Gasteiger partial charge in [-0.05, 0) is 19.3 Å². The molecule has 0 aromatic carbocycles. The molecule has 1 saturated carbocycles. The third-order valence-electron chi connectivity index (χ3n) is 2.82. The predicted octanol–water partition coefficient (Wildman–Crippen LogP) is 1.58. The Balaban J connectivity index is 1.90. The van der Waals surface area contributed by atoms with Gasteiger partial charge in [-0.25, -0.2) is 4.98 Å². The molecule has 1 heterocycles. The van der Waals surface area contributed by atoms with E-state index in [1.54, 1.807) is 11.6 Å². The highest BCUT2D eigenvalue weighted by Crippen LogP contribution is 2.31. The number of hydrogen-bond acceptors (Lipinski definition) is 4. The van der Waals surface area contributed by atoms with Gasteiger partial charge in [0, 0.05) is 17.5 Å². The molecule has 2 N–H and O–H groups in total. The minimum Gasteiger partial charge on any atom is -0.481 e. The van der Waals surface area contributed by atoms with Crippen LogP contribution in [0.3, 0.4) is 0 Å². The number of hydrogen-bond donors (Lipinski definition) is 2. The summed E-state index contributed by atoms with van der Waals surface area (Å²) in [6.07, 6.45) is 3.29. The molecular formula is C10H12N2O3S. The SMILES string of the molecule is O=C(O)[C@@H]1CC[C@@H](C(=O)Nc2nccs2)C1. The lowest BCUT2D eigenvalue weighted by Gasteiger charge is -2.08. The molecule has 0 unspecified atom stereocenters. The highest BCUT2D eigenvalue weighted by molar-refractivity contribution is 7.13. The van der Waals surface area contributed by atoms with Gasteiger partial charge in [0.25, 0.3) is 0 Å². The molecule has 0 radical (unpaired) electrons. The fourth-order valence-corrected chi connectivity index (χ4v) is 2.47. The summed E-state index contributed by atoms with van der Waals surface area (Å²) >= 11 is 1.36. The number of aromatic nitrogens is 1. The molecule has 1 amide bonds. The number of amides is 1. The summed E-state index contributed by atoms with van der Waals surface area (Å²) in [4.78, 5) is 26.4. The van der Waals surface area contributed by atoms with Gasteiger partial charge in [-0.3, -0.25) is 9.59 Å². The summed E-state index contributed by atoms with van der Waals surface area (Å²) in [6, 6.07) is 0. The summed E-state index contributed by atoms with van der Waals surface area (Å²) in [5.41, 5.74) is 0. The van der Waals surface area contributed by atoms with Gasteiger partial charge in [0.15, 0.2) is 5.13 Å². The summed E-state index contributed by atoms with van der Waals surface area (Å²) in [6.45, 7) is 0. The van der Waals surface area contributed by atoms with E-state index in [1.165, 1.54) is 11.3 Å². The lowest BCUT2D eigenvalue weighted by atomic mass is 10.0. The summed E-state index contributed by atoms with van der Waals surface area (Å²) < 4.78 is 0. The van der Waals surface area contributed by atoms with Crippen molar-refractivity contribution in [2.75, 3.05) is 5.32 Å². The monoisotopic (exact) mass is 240 g/mol. The Morgan fingerprint density at radius 1 is 1.44 bits per heavy atom. The van der Waals surface area contributed by atoms with E-state index in [2.05, 4.69) is 10.3 Å².